The van der Waals surface area contributed by atoms with Crippen LogP contribution in [0.5, 0.6) is 5.88 Å². The van der Waals surface area contributed by atoms with E-state index in [9.17, 15) is 9.18 Å². The second-order valence-corrected chi connectivity index (χ2v) is 5.00. The first-order chi connectivity index (χ1) is 11.7. The molecule has 0 unspecified atom stereocenters. The van der Waals surface area contributed by atoms with Crippen molar-refractivity contribution in [3.63, 3.8) is 0 Å². The summed E-state index contributed by atoms with van der Waals surface area (Å²) < 4.78 is 19.3. The molecule has 3 rings (SSSR count). The highest BCUT2D eigenvalue weighted by molar-refractivity contribution is 6.05. The molecule has 122 valence electrons. The number of carbonyl (C=O) groups excluding carboxylic acids is 1. The molecule has 1 aromatic heterocycles. The van der Waals surface area contributed by atoms with E-state index >= 15 is 0 Å². The topological polar surface area (TPSA) is 76.1 Å². The average molecular weight is 326 g/mol. The van der Waals surface area contributed by atoms with Crippen LogP contribution in [0, 0.1) is 5.82 Å². The number of nitrogens with zero attached hydrogens (tertiary/aromatic N) is 2. The molecule has 1 aromatic carbocycles. The highest BCUT2D eigenvalue weighted by Crippen LogP contribution is 2.18. The second kappa shape index (κ2) is 7.36. The predicted molar refractivity (Wildman–Crippen MR) is 86.6 cm³/mol. The summed E-state index contributed by atoms with van der Waals surface area (Å²) in [5, 5.41) is 5.69. The number of ether oxygens (including phenoxy) is 1. The number of aromatic nitrogens is 2. The maximum Gasteiger partial charge on any atom is 0.257 e. The van der Waals surface area contributed by atoms with E-state index in [1.807, 2.05) is 6.08 Å². The molecule has 1 aliphatic heterocycles. The van der Waals surface area contributed by atoms with Crippen LogP contribution in [-0.4, -0.2) is 22.4 Å². The maximum atomic E-state index is 13.9. The van der Waals surface area contributed by atoms with Gasteiger partial charge >= 0.3 is 0 Å². The third-order valence-electron chi connectivity index (χ3n) is 3.27. The van der Waals surface area contributed by atoms with Gasteiger partial charge in [-0.3, -0.25) is 9.78 Å². The molecule has 24 heavy (non-hydrogen) atoms. The Morgan fingerprint density at radius 1 is 1.38 bits per heavy atom. The van der Waals surface area contributed by atoms with Gasteiger partial charge < -0.3 is 15.4 Å². The van der Waals surface area contributed by atoms with Crippen molar-refractivity contribution in [1.82, 2.24) is 15.3 Å². The lowest BCUT2D eigenvalue weighted by Crippen LogP contribution is -2.19. The molecule has 0 spiro atoms. The van der Waals surface area contributed by atoms with Gasteiger partial charge in [-0.15, -0.1) is 0 Å². The van der Waals surface area contributed by atoms with E-state index in [4.69, 9.17) is 4.74 Å². The molecule has 7 heteroatoms. The molecule has 6 nitrogen and oxygen atoms in total. The van der Waals surface area contributed by atoms with E-state index in [2.05, 4.69) is 20.6 Å². The van der Waals surface area contributed by atoms with Gasteiger partial charge in [0, 0.05) is 36.4 Å². The van der Waals surface area contributed by atoms with Gasteiger partial charge in [-0.1, -0.05) is 12.2 Å². The number of nitrogens with one attached hydrogen (secondary N) is 2. The molecule has 1 aliphatic rings. The summed E-state index contributed by atoms with van der Waals surface area (Å²) in [6.45, 7) is 0.676. The van der Waals surface area contributed by atoms with E-state index in [0.717, 1.165) is 0 Å². The number of hydrogen-bond donors (Lipinski definition) is 2. The third kappa shape index (κ3) is 3.95. The minimum absolute atomic E-state index is 0.0155. The Morgan fingerprint density at radius 3 is 3.04 bits per heavy atom. The smallest absolute Gasteiger partial charge is 0.257 e. The molecule has 2 aromatic rings. The molecule has 0 radical (unpaired) electrons. The third-order valence-corrected chi connectivity index (χ3v) is 3.27. The van der Waals surface area contributed by atoms with Gasteiger partial charge in [0.25, 0.3) is 5.91 Å². The Morgan fingerprint density at radius 2 is 2.29 bits per heavy atom. The van der Waals surface area contributed by atoms with Crippen LogP contribution >= 0.6 is 0 Å². The zero-order valence-corrected chi connectivity index (χ0v) is 12.7. The van der Waals surface area contributed by atoms with Gasteiger partial charge in [0.2, 0.25) is 5.88 Å². The standard InChI is InChI=1S/C17H15FN4O2/c18-15-4-3-14(22-17(23)12-2-1-5-19-9-12)8-13(15)11-24-16-10-20-6-7-21-16/h1-4,6-10,19H,5,11H2,(H,22,23). The number of anilines is 1. The number of carbonyl (C=O) groups is 1. The van der Waals surface area contributed by atoms with Crippen LogP contribution in [0.15, 0.2) is 60.7 Å². The first kappa shape index (κ1) is 15.7. The van der Waals surface area contributed by atoms with E-state index in [1.165, 1.54) is 36.8 Å². The van der Waals surface area contributed by atoms with Crippen LogP contribution in [0.4, 0.5) is 10.1 Å². The molecule has 0 fully saturated rings. The minimum atomic E-state index is -0.421. The Labute approximate surface area is 138 Å². The molecular formula is C17H15FN4O2. The zero-order chi connectivity index (χ0) is 16.8. The number of rotatable bonds is 5. The van der Waals surface area contributed by atoms with Crippen LogP contribution < -0.4 is 15.4 Å². The number of benzene rings is 1. The molecule has 0 atom stereocenters. The number of halogens is 1. The molecule has 2 heterocycles. The van der Waals surface area contributed by atoms with Crippen molar-refractivity contribution < 1.29 is 13.9 Å². The molecule has 2 N–H and O–H groups in total. The monoisotopic (exact) mass is 326 g/mol. The van der Waals surface area contributed by atoms with Crippen LogP contribution in [0.2, 0.25) is 0 Å². The maximum absolute atomic E-state index is 13.9. The fourth-order valence-corrected chi connectivity index (χ4v) is 2.09. The summed E-state index contributed by atoms with van der Waals surface area (Å²) in [6, 6.07) is 4.32. The van der Waals surface area contributed by atoms with Crippen molar-refractivity contribution in [3.8, 4) is 5.88 Å². The van der Waals surface area contributed by atoms with E-state index in [0.29, 0.717) is 29.2 Å². The van der Waals surface area contributed by atoms with Gasteiger partial charge in [-0.25, -0.2) is 9.37 Å². The lowest BCUT2D eigenvalue weighted by molar-refractivity contribution is -0.112. The fraction of sp³-hybridized carbons (Fsp3) is 0.118. The van der Waals surface area contributed by atoms with Gasteiger partial charge in [0.05, 0.1) is 11.8 Å². The fourth-order valence-electron chi connectivity index (χ4n) is 2.09. The van der Waals surface area contributed by atoms with Crippen LogP contribution in [-0.2, 0) is 11.4 Å². The van der Waals surface area contributed by atoms with E-state index in [1.54, 1.807) is 12.3 Å². The number of amides is 1. The molecule has 0 saturated heterocycles. The molecule has 0 bridgehead atoms. The number of dihydropyridines is 1. The summed E-state index contributed by atoms with van der Waals surface area (Å²) >= 11 is 0. The van der Waals surface area contributed by atoms with Crippen molar-refractivity contribution in [3.05, 3.63) is 72.1 Å². The summed E-state index contributed by atoms with van der Waals surface area (Å²) in [6.07, 6.45) is 9.66. The first-order valence-electron chi connectivity index (χ1n) is 7.31. The van der Waals surface area contributed by atoms with Crippen molar-refractivity contribution in [2.45, 2.75) is 6.61 Å². The average Bonchev–Trinajstić information content (AvgIpc) is 2.63. The summed E-state index contributed by atoms with van der Waals surface area (Å²) in [4.78, 5) is 20.0. The summed E-state index contributed by atoms with van der Waals surface area (Å²) in [5.41, 5.74) is 1.30. The Balaban J connectivity index is 1.68. The zero-order valence-electron chi connectivity index (χ0n) is 12.7. The molecule has 0 aliphatic carbocycles. The normalized spacial score (nSPS) is 13.0. The Hall–Kier alpha value is -3.22. The van der Waals surface area contributed by atoms with Crippen molar-refractivity contribution in [2.24, 2.45) is 0 Å². The van der Waals surface area contributed by atoms with Gasteiger partial charge in [0.1, 0.15) is 12.4 Å². The summed E-state index contributed by atoms with van der Waals surface area (Å²) in [7, 11) is 0. The minimum Gasteiger partial charge on any atom is -0.472 e. The van der Waals surface area contributed by atoms with Crippen LogP contribution in [0.3, 0.4) is 0 Å². The van der Waals surface area contributed by atoms with Crippen LogP contribution in [0.25, 0.3) is 0 Å². The van der Waals surface area contributed by atoms with Crippen molar-refractivity contribution in [1.29, 1.82) is 0 Å². The molecule has 0 saturated carbocycles. The van der Waals surface area contributed by atoms with Gasteiger partial charge in [-0.2, -0.15) is 0 Å². The number of hydrogen-bond acceptors (Lipinski definition) is 5. The Kier molecular flexibility index (Phi) is 4.81. The highest BCUT2D eigenvalue weighted by atomic mass is 19.1. The largest absolute Gasteiger partial charge is 0.472 e. The van der Waals surface area contributed by atoms with Crippen molar-refractivity contribution >= 4 is 11.6 Å². The second-order valence-electron chi connectivity index (χ2n) is 5.00. The van der Waals surface area contributed by atoms with E-state index < -0.39 is 5.82 Å². The van der Waals surface area contributed by atoms with Gasteiger partial charge in [-0.05, 0) is 18.2 Å². The van der Waals surface area contributed by atoms with Gasteiger partial charge in [0.15, 0.2) is 0 Å². The predicted octanol–water partition coefficient (Wildman–Crippen LogP) is 2.18. The van der Waals surface area contributed by atoms with Crippen molar-refractivity contribution in [2.75, 3.05) is 11.9 Å². The highest BCUT2D eigenvalue weighted by Gasteiger charge is 2.11. The van der Waals surface area contributed by atoms with E-state index in [-0.39, 0.29) is 12.5 Å². The first-order valence-corrected chi connectivity index (χ1v) is 7.31. The molecule has 1 amide bonds. The lowest BCUT2D eigenvalue weighted by Gasteiger charge is -2.11. The Bertz CT molecular complexity index is 790. The SMILES string of the molecule is O=C(Nc1ccc(F)c(COc2cnccn2)c1)C1=CNCC=C1. The molecular weight excluding hydrogens is 311 g/mol. The van der Waals surface area contributed by atoms with Crippen LogP contribution in [0.1, 0.15) is 5.56 Å². The lowest BCUT2D eigenvalue weighted by atomic mass is 10.1. The summed E-state index contributed by atoms with van der Waals surface area (Å²) in [5.74, 6) is -0.393. The quantitative estimate of drug-likeness (QED) is 0.881.